The lowest BCUT2D eigenvalue weighted by atomic mass is 10.1. The smallest absolute Gasteiger partial charge is 0.262 e. The summed E-state index contributed by atoms with van der Waals surface area (Å²) in [4.78, 5) is 12.4. The molecular formula is C21H24N2O6S. The number of rotatable bonds is 5. The van der Waals surface area contributed by atoms with E-state index in [2.05, 4.69) is 10.0 Å². The van der Waals surface area contributed by atoms with Crippen molar-refractivity contribution in [1.82, 2.24) is 5.32 Å². The van der Waals surface area contributed by atoms with Crippen molar-refractivity contribution in [3.05, 3.63) is 48.0 Å². The number of amides is 1. The average Bonchev–Trinajstić information content (AvgIpc) is 2.99. The summed E-state index contributed by atoms with van der Waals surface area (Å²) >= 11 is 0. The molecule has 0 aliphatic carbocycles. The fourth-order valence-corrected chi connectivity index (χ4v) is 4.41. The minimum absolute atomic E-state index is 0.00355. The summed E-state index contributed by atoms with van der Waals surface area (Å²) < 4.78 is 44.5. The van der Waals surface area contributed by atoms with E-state index in [1.54, 1.807) is 30.3 Å². The van der Waals surface area contributed by atoms with E-state index in [0.29, 0.717) is 42.6 Å². The Balaban J connectivity index is 1.43. The molecule has 4 rings (SSSR count). The summed E-state index contributed by atoms with van der Waals surface area (Å²) in [6, 6.07) is 10.8. The number of carbonyl (C=O) groups excluding carboxylic acids is 1. The molecule has 1 unspecified atom stereocenters. The van der Waals surface area contributed by atoms with Crippen molar-refractivity contribution in [1.29, 1.82) is 0 Å². The van der Waals surface area contributed by atoms with E-state index < -0.39 is 10.0 Å². The van der Waals surface area contributed by atoms with Crippen LogP contribution in [0.1, 0.15) is 29.6 Å². The fraction of sp³-hybridized carbons (Fsp3) is 0.381. The van der Waals surface area contributed by atoms with Crippen LogP contribution < -0.4 is 19.5 Å². The van der Waals surface area contributed by atoms with Gasteiger partial charge in [0.15, 0.2) is 11.5 Å². The third-order valence-corrected chi connectivity index (χ3v) is 6.30. The lowest BCUT2D eigenvalue weighted by Gasteiger charge is -2.23. The molecule has 1 fully saturated rings. The van der Waals surface area contributed by atoms with Gasteiger partial charge in [0.2, 0.25) is 0 Å². The van der Waals surface area contributed by atoms with Gasteiger partial charge in [0.05, 0.1) is 30.8 Å². The molecule has 0 saturated carbocycles. The predicted octanol–water partition coefficient (Wildman–Crippen LogP) is 2.56. The molecule has 2 aliphatic heterocycles. The molecule has 1 atom stereocenters. The summed E-state index contributed by atoms with van der Waals surface area (Å²) in [6.07, 6.45) is 2.55. The molecule has 1 saturated heterocycles. The number of hydrogen-bond donors (Lipinski definition) is 2. The topological polar surface area (TPSA) is 103 Å². The molecule has 2 aromatic carbocycles. The quantitative estimate of drug-likeness (QED) is 0.753. The third-order valence-electron chi connectivity index (χ3n) is 4.92. The number of sulfonamides is 1. The van der Waals surface area contributed by atoms with Gasteiger partial charge in [-0.3, -0.25) is 9.52 Å². The maximum atomic E-state index is 12.8. The van der Waals surface area contributed by atoms with Crippen molar-refractivity contribution < 1.29 is 27.4 Å². The van der Waals surface area contributed by atoms with Gasteiger partial charge in [-0.05, 0) is 49.2 Å². The zero-order valence-electron chi connectivity index (χ0n) is 16.4. The molecule has 2 N–H and O–H groups in total. The Morgan fingerprint density at radius 1 is 0.933 bits per heavy atom. The van der Waals surface area contributed by atoms with E-state index in [0.717, 1.165) is 25.9 Å². The molecule has 8 nitrogen and oxygen atoms in total. The van der Waals surface area contributed by atoms with E-state index in [-0.39, 0.29) is 16.8 Å². The number of ether oxygens (including phenoxy) is 3. The molecule has 2 aromatic rings. The normalized spacial score (nSPS) is 18.9. The first-order valence-corrected chi connectivity index (χ1v) is 11.4. The van der Waals surface area contributed by atoms with Crippen LogP contribution in [0.25, 0.3) is 0 Å². The monoisotopic (exact) mass is 432 g/mol. The van der Waals surface area contributed by atoms with Crippen LogP contribution in [0.4, 0.5) is 5.69 Å². The lowest BCUT2D eigenvalue weighted by Crippen LogP contribution is -2.40. The maximum absolute atomic E-state index is 12.8. The first-order valence-electron chi connectivity index (χ1n) is 9.92. The molecule has 2 heterocycles. The van der Waals surface area contributed by atoms with E-state index in [4.69, 9.17) is 14.2 Å². The molecule has 30 heavy (non-hydrogen) atoms. The molecule has 9 heteroatoms. The maximum Gasteiger partial charge on any atom is 0.262 e. The van der Waals surface area contributed by atoms with Gasteiger partial charge >= 0.3 is 0 Å². The molecule has 0 radical (unpaired) electrons. The molecule has 0 spiro atoms. The zero-order valence-corrected chi connectivity index (χ0v) is 17.2. The second-order valence-corrected chi connectivity index (χ2v) is 8.91. The molecule has 1 amide bonds. The first kappa shape index (κ1) is 20.5. The first-order chi connectivity index (χ1) is 14.5. The fourth-order valence-electron chi connectivity index (χ4n) is 3.34. The van der Waals surface area contributed by atoms with E-state index in [1.165, 1.54) is 12.1 Å². The van der Waals surface area contributed by atoms with E-state index in [1.807, 2.05) is 0 Å². The Hall–Kier alpha value is -2.78. The number of fused-ring (bicyclic) bond motifs is 1. The molecule has 160 valence electrons. The highest BCUT2D eigenvalue weighted by atomic mass is 32.2. The van der Waals surface area contributed by atoms with Crippen molar-refractivity contribution in [2.45, 2.75) is 30.2 Å². The Morgan fingerprint density at radius 3 is 2.43 bits per heavy atom. The number of carbonyl (C=O) groups is 1. The summed E-state index contributed by atoms with van der Waals surface area (Å²) in [5, 5.41) is 2.93. The third kappa shape index (κ3) is 4.85. The van der Waals surface area contributed by atoms with Crippen molar-refractivity contribution in [3.63, 3.8) is 0 Å². The molecule has 0 bridgehead atoms. The summed E-state index contributed by atoms with van der Waals surface area (Å²) in [7, 11) is -3.82. The lowest BCUT2D eigenvalue weighted by molar-refractivity contribution is 0.0624. The van der Waals surface area contributed by atoms with Gasteiger partial charge in [0, 0.05) is 30.3 Å². The van der Waals surface area contributed by atoms with E-state index >= 15 is 0 Å². The van der Waals surface area contributed by atoms with Crippen LogP contribution in [0, 0.1) is 0 Å². The number of nitrogens with one attached hydrogen (secondary N) is 2. The predicted molar refractivity (Wildman–Crippen MR) is 111 cm³/mol. The van der Waals surface area contributed by atoms with Gasteiger partial charge in [0.25, 0.3) is 15.9 Å². The number of benzene rings is 2. The van der Waals surface area contributed by atoms with Crippen molar-refractivity contribution >= 4 is 21.6 Å². The van der Waals surface area contributed by atoms with Crippen LogP contribution in [0.3, 0.4) is 0 Å². The Kier molecular flexibility index (Phi) is 6.10. The number of anilines is 1. The summed E-state index contributed by atoms with van der Waals surface area (Å²) in [5.74, 6) is 0.738. The molecule has 2 aliphatic rings. The van der Waals surface area contributed by atoms with Gasteiger partial charge in [-0.15, -0.1) is 0 Å². The largest absolute Gasteiger partial charge is 0.490 e. The van der Waals surface area contributed by atoms with Crippen molar-refractivity contribution in [3.8, 4) is 11.5 Å². The summed E-state index contributed by atoms with van der Waals surface area (Å²) in [5.41, 5.74) is 0.818. The minimum atomic E-state index is -3.82. The molecular weight excluding hydrogens is 408 g/mol. The molecule has 0 aromatic heterocycles. The Bertz CT molecular complexity index is 1000. The highest BCUT2D eigenvalue weighted by molar-refractivity contribution is 7.92. The second kappa shape index (κ2) is 8.93. The van der Waals surface area contributed by atoms with Crippen LogP contribution >= 0.6 is 0 Å². The second-order valence-electron chi connectivity index (χ2n) is 7.23. The average molecular weight is 432 g/mol. The van der Waals surface area contributed by atoms with Crippen LogP contribution in [0.5, 0.6) is 11.5 Å². The van der Waals surface area contributed by atoms with Crippen LogP contribution in [-0.2, 0) is 14.8 Å². The van der Waals surface area contributed by atoms with Crippen LogP contribution in [0.15, 0.2) is 47.4 Å². The van der Waals surface area contributed by atoms with Crippen LogP contribution in [-0.4, -0.2) is 46.8 Å². The highest BCUT2D eigenvalue weighted by Gasteiger charge is 2.20. The number of hydrogen-bond acceptors (Lipinski definition) is 6. The minimum Gasteiger partial charge on any atom is -0.490 e. The van der Waals surface area contributed by atoms with Crippen LogP contribution in [0.2, 0.25) is 0 Å². The Labute approximate surface area is 175 Å². The summed E-state index contributed by atoms with van der Waals surface area (Å²) in [6.45, 7) is 2.25. The standard InChI is InChI=1S/C21H24N2O6S/c24-21(22-17-3-1-10-27-14-17)15-4-6-16(7-5-15)23-30(25,26)18-8-9-19-20(13-18)29-12-2-11-28-19/h4-9,13,17,23H,1-3,10-12,14H2,(H,22,24). The highest BCUT2D eigenvalue weighted by Crippen LogP contribution is 2.32. The van der Waals surface area contributed by atoms with Gasteiger partial charge in [0.1, 0.15) is 0 Å². The Morgan fingerprint density at radius 2 is 1.70 bits per heavy atom. The van der Waals surface area contributed by atoms with Gasteiger partial charge in [-0.25, -0.2) is 8.42 Å². The van der Waals surface area contributed by atoms with Crippen molar-refractivity contribution in [2.24, 2.45) is 0 Å². The van der Waals surface area contributed by atoms with Gasteiger partial charge in [-0.1, -0.05) is 0 Å². The van der Waals surface area contributed by atoms with Gasteiger partial charge < -0.3 is 19.5 Å². The van der Waals surface area contributed by atoms with Crippen molar-refractivity contribution in [2.75, 3.05) is 31.1 Å². The zero-order chi connectivity index (χ0) is 21.0. The van der Waals surface area contributed by atoms with E-state index in [9.17, 15) is 13.2 Å². The van der Waals surface area contributed by atoms with Gasteiger partial charge in [-0.2, -0.15) is 0 Å². The SMILES string of the molecule is O=C(NC1CCCOC1)c1ccc(NS(=O)(=O)c2ccc3c(c2)OCCCO3)cc1.